The quantitative estimate of drug-likeness (QED) is 0.757. The van der Waals surface area contributed by atoms with Crippen LogP contribution in [0.2, 0.25) is 0 Å². The summed E-state index contributed by atoms with van der Waals surface area (Å²) in [6, 6.07) is 7.46. The highest BCUT2D eigenvalue weighted by Crippen LogP contribution is 2.19. The van der Waals surface area contributed by atoms with Crippen molar-refractivity contribution in [3.8, 4) is 0 Å². The molecule has 0 unspecified atom stereocenters. The number of carbonyl (C=O) groups is 2. The van der Waals surface area contributed by atoms with E-state index in [0.29, 0.717) is 24.6 Å². The Balaban J connectivity index is 1.70. The molecule has 0 fully saturated rings. The van der Waals surface area contributed by atoms with Gasteiger partial charge in [0, 0.05) is 30.0 Å². The van der Waals surface area contributed by atoms with Crippen molar-refractivity contribution in [2.45, 2.75) is 39.5 Å². The summed E-state index contributed by atoms with van der Waals surface area (Å²) < 4.78 is 0. The van der Waals surface area contributed by atoms with E-state index in [1.54, 1.807) is 11.3 Å². The Morgan fingerprint density at radius 1 is 1.17 bits per heavy atom. The van der Waals surface area contributed by atoms with Gasteiger partial charge in [-0.1, -0.05) is 31.5 Å². The SMILES string of the molecule is Cc1ccc(NC(=O)CC(=O)NCCc2csc(C(C)C)n2)cc1. The Morgan fingerprint density at radius 2 is 1.88 bits per heavy atom. The maximum atomic E-state index is 11.8. The molecule has 0 radical (unpaired) electrons. The molecule has 2 rings (SSSR count). The standard InChI is InChI=1S/C18H23N3O2S/c1-12(2)18-21-15(11-24-18)8-9-19-16(22)10-17(23)20-14-6-4-13(3)5-7-14/h4-7,11-12H,8-10H2,1-3H3,(H,19,22)(H,20,23). The summed E-state index contributed by atoms with van der Waals surface area (Å²) in [5.41, 5.74) is 2.80. The molecule has 1 heterocycles. The normalized spacial score (nSPS) is 10.7. The molecular weight excluding hydrogens is 322 g/mol. The highest BCUT2D eigenvalue weighted by atomic mass is 32.1. The van der Waals surface area contributed by atoms with Crippen molar-refractivity contribution in [3.05, 3.63) is 45.9 Å². The average Bonchev–Trinajstić information content (AvgIpc) is 2.98. The number of nitrogens with zero attached hydrogens (tertiary/aromatic N) is 1. The van der Waals surface area contributed by atoms with Crippen LogP contribution in [0.1, 0.15) is 42.5 Å². The van der Waals surface area contributed by atoms with Gasteiger partial charge in [0.2, 0.25) is 11.8 Å². The van der Waals surface area contributed by atoms with Crippen molar-refractivity contribution >= 4 is 28.8 Å². The van der Waals surface area contributed by atoms with Crippen LogP contribution in [0.3, 0.4) is 0 Å². The molecule has 1 aromatic heterocycles. The predicted octanol–water partition coefficient (Wildman–Crippen LogP) is 3.26. The molecule has 0 saturated carbocycles. The van der Waals surface area contributed by atoms with E-state index in [1.807, 2.05) is 36.6 Å². The van der Waals surface area contributed by atoms with E-state index in [9.17, 15) is 9.59 Å². The molecule has 0 bridgehead atoms. The number of rotatable bonds is 7. The van der Waals surface area contributed by atoms with Gasteiger partial charge in [0.15, 0.2) is 0 Å². The zero-order valence-electron chi connectivity index (χ0n) is 14.3. The van der Waals surface area contributed by atoms with Crippen molar-refractivity contribution in [1.29, 1.82) is 0 Å². The van der Waals surface area contributed by atoms with Gasteiger partial charge in [0.1, 0.15) is 6.42 Å². The van der Waals surface area contributed by atoms with E-state index in [1.165, 1.54) is 0 Å². The zero-order chi connectivity index (χ0) is 17.5. The molecular formula is C18H23N3O2S. The zero-order valence-corrected chi connectivity index (χ0v) is 15.1. The molecule has 2 N–H and O–H groups in total. The first-order valence-corrected chi connectivity index (χ1v) is 8.89. The average molecular weight is 345 g/mol. The maximum absolute atomic E-state index is 11.8. The molecule has 1 aromatic carbocycles. The van der Waals surface area contributed by atoms with Crippen LogP contribution in [0.25, 0.3) is 0 Å². The second-order valence-electron chi connectivity index (χ2n) is 6.02. The Bertz CT molecular complexity index is 693. The van der Waals surface area contributed by atoms with Crippen LogP contribution in [0.5, 0.6) is 0 Å². The van der Waals surface area contributed by atoms with E-state index < -0.39 is 0 Å². The number of hydrogen-bond acceptors (Lipinski definition) is 4. The van der Waals surface area contributed by atoms with E-state index in [-0.39, 0.29) is 18.2 Å². The van der Waals surface area contributed by atoms with Gasteiger partial charge in [-0.2, -0.15) is 0 Å². The largest absolute Gasteiger partial charge is 0.355 e. The third-order valence-electron chi connectivity index (χ3n) is 3.42. The number of hydrogen-bond donors (Lipinski definition) is 2. The Labute approximate surface area is 146 Å². The summed E-state index contributed by atoms with van der Waals surface area (Å²) >= 11 is 1.64. The summed E-state index contributed by atoms with van der Waals surface area (Å²) in [6.07, 6.45) is 0.497. The second-order valence-corrected chi connectivity index (χ2v) is 6.91. The van der Waals surface area contributed by atoms with Crippen LogP contribution in [-0.2, 0) is 16.0 Å². The molecule has 0 aliphatic rings. The summed E-state index contributed by atoms with van der Waals surface area (Å²) in [4.78, 5) is 28.2. The van der Waals surface area contributed by atoms with Crippen LogP contribution < -0.4 is 10.6 Å². The van der Waals surface area contributed by atoms with Crippen molar-refractivity contribution in [2.24, 2.45) is 0 Å². The number of thiazole rings is 1. The first-order chi connectivity index (χ1) is 11.4. The molecule has 0 aliphatic carbocycles. The third kappa shape index (κ3) is 5.77. The minimum Gasteiger partial charge on any atom is -0.355 e. The fourth-order valence-corrected chi connectivity index (χ4v) is 2.95. The van der Waals surface area contributed by atoms with Crippen molar-refractivity contribution in [1.82, 2.24) is 10.3 Å². The van der Waals surface area contributed by atoms with Gasteiger partial charge < -0.3 is 10.6 Å². The number of carbonyl (C=O) groups excluding carboxylic acids is 2. The van der Waals surface area contributed by atoms with Crippen molar-refractivity contribution in [2.75, 3.05) is 11.9 Å². The van der Waals surface area contributed by atoms with Crippen molar-refractivity contribution in [3.63, 3.8) is 0 Å². The lowest BCUT2D eigenvalue weighted by atomic mass is 10.2. The molecule has 6 heteroatoms. The maximum Gasteiger partial charge on any atom is 0.233 e. The van der Waals surface area contributed by atoms with Gasteiger partial charge in [-0.25, -0.2) is 4.98 Å². The van der Waals surface area contributed by atoms with Crippen LogP contribution in [0, 0.1) is 6.92 Å². The molecule has 2 aromatic rings. The van der Waals surface area contributed by atoms with Gasteiger partial charge in [-0.05, 0) is 19.1 Å². The van der Waals surface area contributed by atoms with Crippen LogP contribution >= 0.6 is 11.3 Å². The summed E-state index contributed by atoms with van der Waals surface area (Å²) in [5.74, 6) is -0.171. The summed E-state index contributed by atoms with van der Waals surface area (Å²) in [7, 11) is 0. The Hall–Kier alpha value is -2.21. The lowest BCUT2D eigenvalue weighted by molar-refractivity contribution is -0.126. The van der Waals surface area contributed by atoms with Gasteiger partial charge in [0.05, 0.1) is 10.7 Å². The number of nitrogens with one attached hydrogen (secondary N) is 2. The summed E-state index contributed by atoms with van der Waals surface area (Å²) in [6.45, 7) is 6.68. The topological polar surface area (TPSA) is 71.1 Å². The van der Waals surface area contributed by atoms with Gasteiger partial charge >= 0.3 is 0 Å². The van der Waals surface area contributed by atoms with Gasteiger partial charge in [0.25, 0.3) is 0 Å². The summed E-state index contributed by atoms with van der Waals surface area (Å²) in [5, 5.41) is 8.60. The number of anilines is 1. The minimum atomic E-state index is -0.313. The van der Waals surface area contributed by atoms with E-state index in [4.69, 9.17) is 0 Å². The minimum absolute atomic E-state index is 0.178. The molecule has 0 saturated heterocycles. The second kappa shape index (κ2) is 8.59. The predicted molar refractivity (Wildman–Crippen MR) is 97.3 cm³/mol. The number of benzene rings is 1. The number of aryl methyl sites for hydroxylation is 1. The Morgan fingerprint density at radius 3 is 2.50 bits per heavy atom. The fraction of sp³-hybridized carbons (Fsp3) is 0.389. The molecule has 2 amide bonds. The molecule has 5 nitrogen and oxygen atoms in total. The van der Waals surface area contributed by atoms with Crippen LogP contribution in [0.4, 0.5) is 5.69 Å². The third-order valence-corrected chi connectivity index (χ3v) is 4.62. The highest BCUT2D eigenvalue weighted by Gasteiger charge is 2.10. The number of aromatic nitrogens is 1. The van der Waals surface area contributed by atoms with Gasteiger partial charge in [-0.3, -0.25) is 9.59 Å². The smallest absolute Gasteiger partial charge is 0.233 e. The first kappa shape index (κ1) is 18.1. The Kier molecular flexibility index (Phi) is 6.49. The number of amides is 2. The molecule has 24 heavy (non-hydrogen) atoms. The van der Waals surface area contributed by atoms with Crippen molar-refractivity contribution < 1.29 is 9.59 Å². The van der Waals surface area contributed by atoms with E-state index in [0.717, 1.165) is 16.3 Å². The van der Waals surface area contributed by atoms with Gasteiger partial charge in [-0.15, -0.1) is 11.3 Å². The molecule has 0 atom stereocenters. The molecule has 0 spiro atoms. The lowest BCUT2D eigenvalue weighted by Crippen LogP contribution is -2.29. The monoisotopic (exact) mass is 345 g/mol. The first-order valence-electron chi connectivity index (χ1n) is 8.01. The molecule has 128 valence electrons. The van der Waals surface area contributed by atoms with E-state index in [2.05, 4.69) is 29.5 Å². The van der Waals surface area contributed by atoms with Crippen LogP contribution in [-0.4, -0.2) is 23.3 Å². The molecule has 0 aliphatic heterocycles. The van der Waals surface area contributed by atoms with E-state index >= 15 is 0 Å². The highest BCUT2D eigenvalue weighted by molar-refractivity contribution is 7.09. The fourth-order valence-electron chi connectivity index (χ4n) is 2.08. The van der Waals surface area contributed by atoms with Crippen LogP contribution in [0.15, 0.2) is 29.6 Å². The lowest BCUT2D eigenvalue weighted by Gasteiger charge is -2.06.